The second kappa shape index (κ2) is 5.79. The molecule has 2 aromatic carbocycles. The Hall–Kier alpha value is -2.41. The van der Waals surface area contributed by atoms with E-state index in [1.54, 1.807) is 0 Å². The van der Waals surface area contributed by atoms with Gasteiger partial charge < -0.3 is 0 Å². The number of rotatable bonds is 2. The monoisotopic (exact) mass is 354 g/mol. The Bertz CT molecular complexity index is 966. The average Bonchev–Trinajstić information content (AvgIpc) is 3.20. The van der Waals surface area contributed by atoms with Gasteiger partial charge in [-0.1, -0.05) is 84.8 Å². The van der Waals surface area contributed by atoms with Crippen LogP contribution in [-0.4, -0.2) is 5.78 Å². The van der Waals surface area contributed by atoms with Gasteiger partial charge in [-0.3, -0.25) is 4.79 Å². The van der Waals surface area contributed by atoms with Crippen molar-refractivity contribution >= 4 is 11.4 Å². The first-order valence-electron chi connectivity index (χ1n) is 10.2. The van der Waals surface area contributed by atoms with Gasteiger partial charge in [0.2, 0.25) is 0 Å². The van der Waals surface area contributed by atoms with E-state index in [0.29, 0.717) is 11.7 Å². The zero-order valence-corrected chi connectivity index (χ0v) is 16.2. The highest BCUT2D eigenvalue weighted by atomic mass is 16.1. The predicted molar refractivity (Wildman–Crippen MR) is 110 cm³/mol. The Morgan fingerprint density at radius 3 is 2.33 bits per heavy atom. The van der Waals surface area contributed by atoms with Gasteiger partial charge in [0.1, 0.15) is 0 Å². The smallest absolute Gasteiger partial charge is 0.175 e. The summed E-state index contributed by atoms with van der Waals surface area (Å²) in [6.07, 6.45) is 6.64. The fourth-order valence-electron chi connectivity index (χ4n) is 6.59. The molecule has 3 aliphatic rings. The molecule has 0 aromatic heterocycles. The quantitative estimate of drug-likeness (QED) is 0.594. The standard InChI is InChI=1S/C26H26O/c1-18-16-19(2)25-15-9-14-22(25)23(20-10-5-3-6-11-20)24(27)26(25,17-18)21-12-7-4-8-13-21/h3-8,10-13,16,19H,9,14-15,17H2,1-2H3/t19-,25+,26+/m1/s1. The van der Waals surface area contributed by atoms with Crippen LogP contribution < -0.4 is 0 Å². The van der Waals surface area contributed by atoms with Crippen LogP contribution in [0.3, 0.4) is 0 Å². The van der Waals surface area contributed by atoms with Crippen LogP contribution in [0.4, 0.5) is 0 Å². The van der Waals surface area contributed by atoms with E-state index in [4.69, 9.17) is 0 Å². The lowest BCUT2D eigenvalue weighted by atomic mass is 9.50. The van der Waals surface area contributed by atoms with E-state index < -0.39 is 5.41 Å². The van der Waals surface area contributed by atoms with Crippen molar-refractivity contribution in [3.63, 3.8) is 0 Å². The van der Waals surface area contributed by atoms with Crippen molar-refractivity contribution in [1.82, 2.24) is 0 Å². The Balaban J connectivity index is 1.85. The second-order valence-corrected chi connectivity index (χ2v) is 8.62. The number of Topliss-reactive ketones (excluding diaryl/α,β-unsaturated/α-hetero) is 1. The lowest BCUT2D eigenvalue weighted by Gasteiger charge is -2.51. The molecule has 0 unspecified atom stereocenters. The van der Waals surface area contributed by atoms with Gasteiger partial charge in [-0.05, 0) is 49.7 Å². The van der Waals surface area contributed by atoms with Crippen LogP contribution in [-0.2, 0) is 10.2 Å². The van der Waals surface area contributed by atoms with Crippen molar-refractivity contribution in [3.05, 3.63) is 89.0 Å². The summed E-state index contributed by atoms with van der Waals surface area (Å²) in [4.78, 5) is 14.3. The Morgan fingerprint density at radius 1 is 0.963 bits per heavy atom. The summed E-state index contributed by atoms with van der Waals surface area (Å²) in [6.45, 7) is 4.54. The molecule has 3 aliphatic carbocycles. The molecule has 0 heterocycles. The maximum Gasteiger partial charge on any atom is 0.175 e. The van der Waals surface area contributed by atoms with Crippen LogP contribution in [0.25, 0.3) is 5.57 Å². The van der Waals surface area contributed by atoms with Gasteiger partial charge in [-0.15, -0.1) is 0 Å². The van der Waals surface area contributed by atoms with E-state index in [2.05, 4.69) is 74.5 Å². The van der Waals surface area contributed by atoms with Gasteiger partial charge >= 0.3 is 0 Å². The molecule has 0 bridgehead atoms. The van der Waals surface area contributed by atoms with Crippen LogP contribution in [0.15, 0.2) is 77.9 Å². The van der Waals surface area contributed by atoms with Crippen molar-refractivity contribution in [2.75, 3.05) is 0 Å². The molecule has 1 spiro atoms. The molecule has 0 N–H and O–H groups in total. The topological polar surface area (TPSA) is 17.1 Å². The minimum Gasteiger partial charge on any atom is -0.293 e. The lowest BCUT2D eigenvalue weighted by Crippen LogP contribution is -2.52. The number of carbonyl (C=O) groups is 1. The third-order valence-corrected chi connectivity index (χ3v) is 7.40. The summed E-state index contributed by atoms with van der Waals surface area (Å²) >= 11 is 0. The van der Waals surface area contributed by atoms with Crippen molar-refractivity contribution in [3.8, 4) is 0 Å². The van der Waals surface area contributed by atoms with E-state index in [9.17, 15) is 4.79 Å². The molecule has 0 radical (unpaired) electrons. The normalized spacial score (nSPS) is 32.3. The van der Waals surface area contributed by atoms with Crippen LogP contribution in [0, 0.1) is 11.3 Å². The molecule has 1 saturated carbocycles. The molecule has 27 heavy (non-hydrogen) atoms. The van der Waals surface area contributed by atoms with E-state index in [0.717, 1.165) is 30.4 Å². The van der Waals surface area contributed by atoms with E-state index in [1.807, 2.05) is 6.07 Å². The highest BCUT2D eigenvalue weighted by Gasteiger charge is 2.68. The molecule has 1 nitrogen and oxygen atoms in total. The molecule has 3 atom stereocenters. The number of hydrogen-bond donors (Lipinski definition) is 0. The Labute approximate surface area is 161 Å². The van der Waals surface area contributed by atoms with Gasteiger partial charge in [-0.25, -0.2) is 0 Å². The van der Waals surface area contributed by atoms with Crippen molar-refractivity contribution < 1.29 is 4.79 Å². The third kappa shape index (κ3) is 1.98. The van der Waals surface area contributed by atoms with Gasteiger partial charge in [0.05, 0.1) is 5.41 Å². The predicted octanol–water partition coefficient (Wildman–Crippen LogP) is 6.12. The first kappa shape index (κ1) is 16.7. The largest absolute Gasteiger partial charge is 0.293 e. The highest BCUT2D eigenvalue weighted by Crippen LogP contribution is 2.70. The van der Waals surface area contributed by atoms with Gasteiger partial charge in [0.15, 0.2) is 5.78 Å². The molecule has 1 fully saturated rings. The van der Waals surface area contributed by atoms with Crippen molar-refractivity contribution in [1.29, 1.82) is 0 Å². The SMILES string of the molecule is CC1=C[C@@H](C)[C@@]23CCCC2=C(c2ccccc2)C(=O)[C@@]3(c2ccccc2)C1. The molecule has 5 rings (SSSR count). The number of carbonyl (C=O) groups excluding carboxylic acids is 1. The first-order chi connectivity index (χ1) is 13.1. The minimum absolute atomic E-state index is 0.0594. The summed E-state index contributed by atoms with van der Waals surface area (Å²) in [5.74, 6) is 0.739. The molecule has 1 heteroatoms. The number of ketones is 1. The zero-order valence-electron chi connectivity index (χ0n) is 16.2. The van der Waals surface area contributed by atoms with Gasteiger partial charge in [0.25, 0.3) is 0 Å². The minimum atomic E-state index is -0.441. The molecule has 2 aromatic rings. The number of allylic oxidation sites excluding steroid dienone is 4. The summed E-state index contributed by atoms with van der Waals surface area (Å²) in [6, 6.07) is 21.0. The fraction of sp³-hybridized carbons (Fsp3) is 0.346. The third-order valence-electron chi connectivity index (χ3n) is 7.40. The lowest BCUT2D eigenvalue weighted by molar-refractivity contribution is -0.122. The number of benzene rings is 2. The molecular weight excluding hydrogens is 328 g/mol. The average molecular weight is 354 g/mol. The van der Waals surface area contributed by atoms with Crippen LogP contribution >= 0.6 is 0 Å². The summed E-state index contributed by atoms with van der Waals surface area (Å²) in [5, 5.41) is 0. The van der Waals surface area contributed by atoms with Crippen molar-refractivity contribution in [2.24, 2.45) is 11.3 Å². The first-order valence-corrected chi connectivity index (χ1v) is 10.2. The van der Waals surface area contributed by atoms with E-state index in [-0.39, 0.29) is 5.41 Å². The summed E-state index contributed by atoms with van der Waals surface area (Å²) in [7, 11) is 0. The maximum atomic E-state index is 14.3. The second-order valence-electron chi connectivity index (χ2n) is 8.62. The Kier molecular flexibility index (Phi) is 3.59. The maximum absolute atomic E-state index is 14.3. The molecule has 0 amide bonds. The summed E-state index contributed by atoms with van der Waals surface area (Å²) < 4.78 is 0. The Morgan fingerprint density at radius 2 is 1.63 bits per heavy atom. The zero-order chi connectivity index (χ0) is 18.6. The van der Waals surface area contributed by atoms with E-state index in [1.165, 1.54) is 23.1 Å². The summed E-state index contributed by atoms with van der Waals surface area (Å²) in [5.41, 5.74) is 5.61. The molecule has 136 valence electrons. The van der Waals surface area contributed by atoms with E-state index >= 15 is 0 Å². The highest BCUT2D eigenvalue weighted by molar-refractivity contribution is 6.30. The number of hydrogen-bond acceptors (Lipinski definition) is 1. The van der Waals surface area contributed by atoms with Gasteiger partial charge in [-0.2, -0.15) is 0 Å². The van der Waals surface area contributed by atoms with Crippen molar-refractivity contribution in [2.45, 2.75) is 44.9 Å². The van der Waals surface area contributed by atoms with Gasteiger partial charge in [0, 0.05) is 11.0 Å². The molecule has 0 saturated heterocycles. The van der Waals surface area contributed by atoms with Crippen LogP contribution in [0.2, 0.25) is 0 Å². The fourth-order valence-corrected chi connectivity index (χ4v) is 6.59. The molecular formula is C26H26O. The van der Waals surface area contributed by atoms with Crippen LogP contribution in [0.5, 0.6) is 0 Å². The van der Waals surface area contributed by atoms with Crippen LogP contribution in [0.1, 0.15) is 50.7 Å². The molecule has 0 aliphatic heterocycles.